The lowest BCUT2D eigenvalue weighted by molar-refractivity contribution is 1.14. The van der Waals surface area contributed by atoms with Crippen LogP contribution < -0.4 is 0 Å². The van der Waals surface area contributed by atoms with E-state index in [1.165, 1.54) is 3.57 Å². The summed E-state index contributed by atoms with van der Waals surface area (Å²) in [6.07, 6.45) is 0. The van der Waals surface area contributed by atoms with E-state index in [1.807, 2.05) is 36.4 Å². The highest BCUT2D eigenvalue weighted by Gasteiger charge is 2.10. The Hall–Kier alpha value is -0.250. The van der Waals surface area contributed by atoms with Gasteiger partial charge in [-0.25, -0.2) is 0 Å². The fourth-order valence-electron chi connectivity index (χ4n) is 1.49. The molecule has 82 valence electrons. The van der Waals surface area contributed by atoms with Crippen LogP contribution in [0.3, 0.4) is 0 Å². The first kappa shape index (κ1) is 12.2. The van der Waals surface area contributed by atoms with Gasteiger partial charge >= 0.3 is 0 Å². The first-order chi connectivity index (χ1) is 7.66. The highest BCUT2D eigenvalue weighted by atomic mass is 127. The van der Waals surface area contributed by atoms with Crippen molar-refractivity contribution in [3.63, 3.8) is 0 Å². The first-order valence-corrected chi connectivity index (χ1v) is 6.71. The smallest absolute Gasteiger partial charge is 0.0835 e. The zero-order chi connectivity index (χ0) is 11.5. The number of benzene rings is 2. The van der Waals surface area contributed by atoms with Gasteiger partial charge in [-0.3, -0.25) is 0 Å². The van der Waals surface area contributed by atoms with Gasteiger partial charge in [-0.1, -0.05) is 35.9 Å². The van der Waals surface area contributed by atoms with Crippen LogP contribution in [0.2, 0.25) is 5.02 Å². The van der Waals surface area contributed by atoms with Crippen molar-refractivity contribution < 1.29 is 0 Å². The lowest BCUT2D eigenvalue weighted by Crippen LogP contribution is -1.93. The van der Waals surface area contributed by atoms with Crippen LogP contribution in [0.25, 0.3) is 0 Å². The number of hydrogen-bond donors (Lipinski definition) is 0. The van der Waals surface area contributed by atoms with Crippen LogP contribution in [0.15, 0.2) is 48.5 Å². The number of alkyl halides is 1. The molecule has 0 N–H and O–H groups in total. The van der Waals surface area contributed by atoms with E-state index in [2.05, 4.69) is 34.7 Å². The molecule has 0 spiro atoms. The Bertz CT molecular complexity index is 480. The lowest BCUT2D eigenvalue weighted by atomic mass is 10.0. The maximum absolute atomic E-state index is 6.41. The summed E-state index contributed by atoms with van der Waals surface area (Å²) in [5.74, 6) is 0. The average molecular weight is 363 g/mol. The van der Waals surface area contributed by atoms with Gasteiger partial charge in [-0.15, -0.1) is 11.6 Å². The predicted octanol–water partition coefficient (Wildman–Crippen LogP) is 5.27. The molecule has 16 heavy (non-hydrogen) atoms. The van der Waals surface area contributed by atoms with Gasteiger partial charge in [0.05, 0.1) is 5.38 Å². The van der Waals surface area contributed by atoms with Crippen molar-refractivity contribution >= 4 is 45.8 Å². The summed E-state index contributed by atoms with van der Waals surface area (Å²) in [5.41, 5.74) is 2.17. The van der Waals surface area contributed by atoms with Gasteiger partial charge in [0, 0.05) is 8.59 Å². The van der Waals surface area contributed by atoms with Gasteiger partial charge < -0.3 is 0 Å². The van der Waals surface area contributed by atoms with Gasteiger partial charge in [0.1, 0.15) is 0 Å². The van der Waals surface area contributed by atoms with E-state index in [0.717, 1.165) is 16.1 Å². The van der Waals surface area contributed by atoms with Crippen molar-refractivity contribution in [1.29, 1.82) is 0 Å². The molecule has 0 aliphatic carbocycles. The molecule has 0 nitrogen and oxygen atoms in total. The van der Waals surface area contributed by atoms with E-state index in [1.54, 1.807) is 0 Å². The second-order valence-corrected chi connectivity index (χ2v) is 5.59. The van der Waals surface area contributed by atoms with Gasteiger partial charge in [0.25, 0.3) is 0 Å². The SMILES string of the molecule is Clc1ccc(C(Cl)c2cccc(I)c2)cc1. The number of hydrogen-bond acceptors (Lipinski definition) is 0. The van der Waals surface area contributed by atoms with E-state index in [-0.39, 0.29) is 5.38 Å². The van der Waals surface area contributed by atoms with Crippen LogP contribution >= 0.6 is 45.8 Å². The molecule has 2 rings (SSSR count). The Kier molecular flexibility index (Phi) is 4.11. The Labute approximate surface area is 119 Å². The van der Waals surface area contributed by atoms with Crippen LogP contribution in [0.5, 0.6) is 0 Å². The van der Waals surface area contributed by atoms with Gasteiger partial charge in [0.15, 0.2) is 0 Å². The molecule has 0 aliphatic heterocycles. The van der Waals surface area contributed by atoms with E-state index >= 15 is 0 Å². The predicted molar refractivity (Wildman–Crippen MR) is 78.3 cm³/mol. The number of halogens is 3. The molecule has 0 aromatic heterocycles. The topological polar surface area (TPSA) is 0 Å². The van der Waals surface area contributed by atoms with Crippen LogP contribution in [0, 0.1) is 3.57 Å². The van der Waals surface area contributed by atoms with Crippen LogP contribution in [-0.2, 0) is 0 Å². The highest BCUT2D eigenvalue weighted by molar-refractivity contribution is 14.1. The minimum Gasteiger partial charge on any atom is -0.113 e. The van der Waals surface area contributed by atoms with Crippen LogP contribution in [0.4, 0.5) is 0 Å². The zero-order valence-electron chi connectivity index (χ0n) is 8.33. The minimum absolute atomic E-state index is 0.119. The molecule has 1 unspecified atom stereocenters. The molecule has 0 radical (unpaired) electrons. The third kappa shape index (κ3) is 2.90. The van der Waals surface area contributed by atoms with Crippen molar-refractivity contribution in [2.24, 2.45) is 0 Å². The molecule has 2 aromatic rings. The molecule has 3 heteroatoms. The monoisotopic (exact) mass is 362 g/mol. The maximum atomic E-state index is 6.41. The van der Waals surface area contributed by atoms with E-state index in [0.29, 0.717) is 0 Å². The van der Waals surface area contributed by atoms with E-state index in [9.17, 15) is 0 Å². The Balaban J connectivity index is 2.31. The summed E-state index contributed by atoms with van der Waals surface area (Å²) in [5, 5.41) is 0.613. The summed E-state index contributed by atoms with van der Waals surface area (Å²) in [7, 11) is 0. The molecular formula is C13H9Cl2I. The summed E-state index contributed by atoms with van der Waals surface area (Å²) in [6, 6.07) is 15.8. The normalized spacial score (nSPS) is 12.4. The fraction of sp³-hybridized carbons (Fsp3) is 0.0769. The van der Waals surface area contributed by atoms with Crippen molar-refractivity contribution in [3.8, 4) is 0 Å². The van der Waals surface area contributed by atoms with E-state index in [4.69, 9.17) is 23.2 Å². The second-order valence-electron chi connectivity index (χ2n) is 3.47. The third-order valence-corrected chi connectivity index (χ3v) is 3.73. The third-order valence-electron chi connectivity index (χ3n) is 2.30. The molecular weight excluding hydrogens is 354 g/mol. The highest BCUT2D eigenvalue weighted by Crippen LogP contribution is 2.30. The van der Waals surface area contributed by atoms with Crippen LogP contribution in [0.1, 0.15) is 16.5 Å². The van der Waals surface area contributed by atoms with E-state index < -0.39 is 0 Å². The molecule has 0 amide bonds. The van der Waals surface area contributed by atoms with Crippen molar-refractivity contribution in [1.82, 2.24) is 0 Å². The Morgan fingerprint density at radius 1 is 0.938 bits per heavy atom. The summed E-state index contributed by atoms with van der Waals surface area (Å²) >= 11 is 14.5. The second kappa shape index (κ2) is 5.39. The first-order valence-electron chi connectivity index (χ1n) is 4.82. The van der Waals surface area contributed by atoms with Crippen molar-refractivity contribution in [3.05, 3.63) is 68.3 Å². The lowest BCUT2D eigenvalue weighted by Gasteiger charge is -2.10. The average Bonchev–Trinajstić information content (AvgIpc) is 2.29. The quantitative estimate of drug-likeness (QED) is 0.504. The molecule has 0 bridgehead atoms. The number of rotatable bonds is 2. The zero-order valence-corrected chi connectivity index (χ0v) is 12.0. The van der Waals surface area contributed by atoms with Gasteiger partial charge in [0.2, 0.25) is 0 Å². The maximum Gasteiger partial charge on any atom is 0.0835 e. The van der Waals surface area contributed by atoms with Crippen LogP contribution in [-0.4, -0.2) is 0 Å². The molecule has 0 fully saturated rings. The summed E-state index contributed by atoms with van der Waals surface area (Å²) < 4.78 is 1.19. The molecule has 0 heterocycles. The largest absolute Gasteiger partial charge is 0.113 e. The van der Waals surface area contributed by atoms with Crippen molar-refractivity contribution in [2.45, 2.75) is 5.38 Å². The molecule has 0 aliphatic rings. The Morgan fingerprint density at radius 2 is 1.62 bits per heavy atom. The molecule has 1 atom stereocenters. The molecule has 0 saturated heterocycles. The van der Waals surface area contributed by atoms with Gasteiger partial charge in [-0.2, -0.15) is 0 Å². The standard InChI is InChI=1S/C13H9Cl2I/c14-11-6-4-9(5-7-11)13(15)10-2-1-3-12(16)8-10/h1-8,13H. The minimum atomic E-state index is -0.119. The van der Waals surface area contributed by atoms with Crippen molar-refractivity contribution in [2.75, 3.05) is 0 Å². The fourth-order valence-corrected chi connectivity index (χ4v) is 2.46. The Morgan fingerprint density at radius 3 is 2.25 bits per heavy atom. The summed E-state index contributed by atoms with van der Waals surface area (Å²) in [4.78, 5) is 0. The van der Waals surface area contributed by atoms with Gasteiger partial charge in [-0.05, 0) is 58.0 Å². The molecule has 2 aromatic carbocycles. The molecule has 0 saturated carbocycles. The summed E-state index contributed by atoms with van der Waals surface area (Å²) in [6.45, 7) is 0.